The molecule has 1 aromatic rings. The van der Waals surface area contributed by atoms with Gasteiger partial charge in [-0.1, -0.05) is 32.0 Å². The molecule has 0 amide bonds. The Balaban J connectivity index is 2.72. The summed E-state index contributed by atoms with van der Waals surface area (Å²) in [6.45, 7) is 8.44. The number of hydrogen-bond donors (Lipinski definition) is 0. The van der Waals surface area contributed by atoms with Crippen molar-refractivity contribution in [2.24, 2.45) is 0 Å². The number of ketones is 1. The van der Waals surface area contributed by atoms with Crippen molar-refractivity contribution in [3.8, 4) is 0 Å². The van der Waals surface area contributed by atoms with E-state index in [0.29, 0.717) is 18.1 Å². The van der Waals surface area contributed by atoms with Gasteiger partial charge in [-0.2, -0.15) is 0 Å². The minimum absolute atomic E-state index is 0.382. The molecule has 0 spiro atoms. The SMILES string of the molecule is CCC(=O)CCC(CC)c1ccc(C)c(C)c1. The van der Waals surface area contributed by atoms with E-state index < -0.39 is 0 Å². The number of carbonyl (C=O) groups is 1. The van der Waals surface area contributed by atoms with E-state index in [1.165, 1.54) is 16.7 Å². The summed E-state index contributed by atoms with van der Waals surface area (Å²) in [5.41, 5.74) is 4.08. The third-order valence-corrected chi connectivity index (χ3v) is 3.66. The number of aryl methyl sites for hydroxylation is 2. The van der Waals surface area contributed by atoms with E-state index in [2.05, 4.69) is 39.0 Å². The molecular weight excluding hydrogens is 208 g/mol. The van der Waals surface area contributed by atoms with Gasteiger partial charge in [0.1, 0.15) is 5.78 Å². The van der Waals surface area contributed by atoms with Crippen LogP contribution in [-0.4, -0.2) is 5.78 Å². The molecule has 1 heteroatoms. The van der Waals surface area contributed by atoms with E-state index in [9.17, 15) is 4.79 Å². The first kappa shape index (κ1) is 14.0. The third kappa shape index (κ3) is 3.99. The number of hydrogen-bond acceptors (Lipinski definition) is 1. The molecular formula is C16H24O. The molecule has 17 heavy (non-hydrogen) atoms. The Kier molecular flexibility index (Phi) is 5.40. The van der Waals surface area contributed by atoms with Crippen LogP contribution in [0.2, 0.25) is 0 Å². The van der Waals surface area contributed by atoms with Gasteiger partial charge in [0.2, 0.25) is 0 Å². The molecule has 1 rings (SSSR count). The molecule has 0 aliphatic carbocycles. The summed E-state index contributed by atoms with van der Waals surface area (Å²) < 4.78 is 0. The van der Waals surface area contributed by atoms with Crippen LogP contribution in [0.3, 0.4) is 0 Å². The molecule has 0 fully saturated rings. The maximum absolute atomic E-state index is 11.4. The minimum atomic E-state index is 0.382. The zero-order valence-electron chi connectivity index (χ0n) is 11.5. The van der Waals surface area contributed by atoms with Crippen molar-refractivity contribution < 1.29 is 4.79 Å². The van der Waals surface area contributed by atoms with E-state index in [1.807, 2.05) is 6.92 Å². The van der Waals surface area contributed by atoms with Crippen molar-refractivity contribution in [3.63, 3.8) is 0 Å². The van der Waals surface area contributed by atoms with Crippen LogP contribution in [0.5, 0.6) is 0 Å². The molecule has 0 bridgehead atoms. The number of carbonyl (C=O) groups excluding carboxylic acids is 1. The molecule has 0 heterocycles. The molecule has 1 aromatic carbocycles. The van der Waals surface area contributed by atoms with Crippen LogP contribution in [0.15, 0.2) is 18.2 Å². The Morgan fingerprint density at radius 2 is 1.88 bits per heavy atom. The van der Waals surface area contributed by atoms with Crippen molar-refractivity contribution in [1.29, 1.82) is 0 Å². The molecule has 1 unspecified atom stereocenters. The first-order valence-electron chi connectivity index (χ1n) is 6.67. The molecule has 0 aliphatic heterocycles. The van der Waals surface area contributed by atoms with Crippen molar-refractivity contribution in [1.82, 2.24) is 0 Å². The van der Waals surface area contributed by atoms with Gasteiger partial charge in [-0.05, 0) is 49.3 Å². The van der Waals surface area contributed by atoms with Crippen LogP contribution >= 0.6 is 0 Å². The lowest BCUT2D eigenvalue weighted by molar-refractivity contribution is -0.118. The van der Waals surface area contributed by atoms with Gasteiger partial charge in [-0.15, -0.1) is 0 Å². The number of benzene rings is 1. The second-order valence-corrected chi connectivity index (χ2v) is 4.88. The lowest BCUT2D eigenvalue weighted by Crippen LogP contribution is -2.03. The van der Waals surface area contributed by atoms with E-state index >= 15 is 0 Å². The first-order valence-corrected chi connectivity index (χ1v) is 6.67. The smallest absolute Gasteiger partial charge is 0.132 e. The fraction of sp³-hybridized carbons (Fsp3) is 0.562. The minimum Gasteiger partial charge on any atom is -0.300 e. The Hall–Kier alpha value is -1.11. The Labute approximate surface area is 105 Å². The summed E-state index contributed by atoms with van der Waals surface area (Å²) in [4.78, 5) is 11.4. The highest BCUT2D eigenvalue weighted by Gasteiger charge is 2.11. The summed E-state index contributed by atoms with van der Waals surface area (Å²) >= 11 is 0. The first-order chi connectivity index (χ1) is 8.08. The molecule has 0 aromatic heterocycles. The van der Waals surface area contributed by atoms with Crippen LogP contribution in [0.25, 0.3) is 0 Å². The van der Waals surface area contributed by atoms with Crippen LogP contribution in [0.1, 0.15) is 62.1 Å². The highest BCUT2D eigenvalue weighted by Crippen LogP contribution is 2.26. The molecule has 0 saturated carbocycles. The lowest BCUT2D eigenvalue weighted by atomic mass is 9.89. The predicted octanol–water partition coefficient (Wildman–Crippen LogP) is 4.56. The lowest BCUT2D eigenvalue weighted by Gasteiger charge is -2.16. The van der Waals surface area contributed by atoms with E-state index in [-0.39, 0.29) is 0 Å². The largest absolute Gasteiger partial charge is 0.300 e. The van der Waals surface area contributed by atoms with Gasteiger partial charge in [0, 0.05) is 12.8 Å². The third-order valence-electron chi connectivity index (χ3n) is 3.66. The zero-order valence-corrected chi connectivity index (χ0v) is 11.5. The topological polar surface area (TPSA) is 17.1 Å². The number of Topliss-reactive ketones (excluding diaryl/α,β-unsaturated/α-hetero) is 1. The maximum atomic E-state index is 11.4. The van der Waals surface area contributed by atoms with E-state index in [1.54, 1.807) is 0 Å². The van der Waals surface area contributed by atoms with E-state index in [0.717, 1.165) is 19.3 Å². The second kappa shape index (κ2) is 6.58. The van der Waals surface area contributed by atoms with Crippen molar-refractivity contribution in [2.75, 3.05) is 0 Å². The monoisotopic (exact) mass is 232 g/mol. The molecule has 0 N–H and O–H groups in total. The zero-order chi connectivity index (χ0) is 12.8. The second-order valence-electron chi connectivity index (χ2n) is 4.88. The van der Waals surface area contributed by atoms with Crippen molar-refractivity contribution in [3.05, 3.63) is 34.9 Å². The van der Waals surface area contributed by atoms with Gasteiger partial charge in [-0.25, -0.2) is 0 Å². The fourth-order valence-corrected chi connectivity index (χ4v) is 2.14. The van der Waals surface area contributed by atoms with Gasteiger partial charge in [0.15, 0.2) is 0 Å². The average molecular weight is 232 g/mol. The van der Waals surface area contributed by atoms with E-state index in [4.69, 9.17) is 0 Å². The Morgan fingerprint density at radius 3 is 2.41 bits per heavy atom. The molecule has 1 atom stereocenters. The molecule has 94 valence electrons. The summed E-state index contributed by atoms with van der Waals surface area (Å²) in [7, 11) is 0. The van der Waals surface area contributed by atoms with Crippen molar-refractivity contribution >= 4 is 5.78 Å². The van der Waals surface area contributed by atoms with Crippen LogP contribution in [-0.2, 0) is 4.79 Å². The summed E-state index contributed by atoms with van der Waals surface area (Å²) in [6.07, 6.45) is 3.50. The standard InChI is InChI=1S/C16H24O/c1-5-14(9-10-16(17)6-2)15-8-7-12(3)13(4)11-15/h7-8,11,14H,5-6,9-10H2,1-4H3. The summed E-state index contributed by atoms with van der Waals surface area (Å²) in [5.74, 6) is 0.914. The van der Waals surface area contributed by atoms with Crippen LogP contribution in [0, 0.1) is 13.8 Å². The quantitative estimate of drug-likeness (QED) is 0.703. The maximum Gasteiger partial charge on any atom is 0.132 e. The Bertz CT molecular complexity index is 379. The molecule has 0 saturated heterocycles. The highest BCUT2D eigenvalue weighted by atomic mass is 16.1. The van der Waals surface area contributed by atoms with Gasteiger partial charge < -0.3 is 0 Å². The fourth-order valence-electron chi connectivity index (χ4n) is 2.14. The van der Waals surface area contributed by atoms with Gasteiger partial charge >= 0.3 is 0 Å². The number of rotatable bonds is 6. The average Bonchev–Trinajstić information content (AvgIpc) is 2.33. The van der Waals surface area contributed by atoms with Gasteiger partial charge in [0.05, 0.1) is 0 Å². The molecule has 0 radical (unpaired) electrons. The normalized spacial score (nSPS) is 12.5. The summed E-state index contributed by atoms with van der Waals surface area (Å²) in [6, 6.07) is 6.68. The molecule has 1 nitrogen and oxygen atoms in total. The van der Waals surface area contributed by atoms with Crippen molar-refractivity contribution in [2.45, 2.75) is 59.3 Å². The Morgan fingerprint density at radius 1 is 1.18 bits per heavy atom. The predicted molar refractivity (Wildman–Crippen MR) is 73.5 cm³/mol. The van der Waals surface area contributed by atoms with Gasteiger partial charge in [-0.3, -0.25) is 4.79 Å². The van der Waals surface area contributed by atoms with Gasteiger partial charge in [0.25, 0.3) is 0 Å². The summed E-state index contributed by atoms with van der Waals surface area (Å²) in [5, 5.41) is 0. The highest BCUT2D eigenvalue weighted by molar-refractivity contribution is 5.78. The van der Waals surface area contributed by atoms with Crippen LogP contribution in [0.4, 0.5) is 0 Å². The van der Waals surface area contributed by atoms with Crippen LogP contribution < -0.4 is 0 Å². The molecule has 0 aliphatic rings.